The standard InChI is InChI=1S/C26H26FN5O5S/c1-4-5-23(17-10-20(12-28-11-17)38(35,36)16(2)26(34)37-3)31-25(33)22-13-29-15-24-21(22)14-30-32(24)19-8-6-18(27)7-9-19/h6-16,23H,4-5H2,1-3H3,(H,31,33)/t16?,23-/m0/s1. The van der Waals surface area contributed by atoms with Crippen LogP contribution < -0.4 is 5.32 Å². The number of sulfone groups is 1. The minimum Gasteiger partial charge on any atom is -0.468 e. The third-order valence-electron chi connectivity index (χ3n) is 6.16. The third-order valence-corrected chi connectivity index (χ3v) is 8.16. The molecular weight excluding hydrogens is 513 g/mol. The van der Waals surface area contributed by atoms with E-state index in [4.69, 9.17) is 0 Å². The minimum absolute atomic E-state index is 0.146. The predicted molar refractivity (Wildman–Crippen MR) is 137 cm³/mol. The van der Waals surface area contributed by atoms with E-state index in [0.29, 0.717) is 35.0 Å². The first-order valence-corrected chi connectivity index (χ1v) is 13.4. The van der Waals surface area contributed by atoms with Gasteiger partial charge < -0.3 is 10.1 Å². The molecule has 38 heavy (non-hydrogen) atoms. The zero-order valence-electron chi connectivity index (χ0n) is 21.0. The van der Waals surface area contributed by atoms with Gasteiger partial charge in [-0.25, -0.2) is 17.5 Å². The number of fused-ring (bicyclic) bond motifs is 1. The Kier molecular flexibility index (Phi) is 7.81. The number of hydrogen-bond acceptors (Lipinski definition) is 8. The van der Waals surface area contributed by atoms with Crippen LogP contribution in [-0.2, 0) is 19.4 Å². The van der Waals surface area contributed by atoms with Crippen LogP contribution in [0, 0.1) is 5.82 Å². The summed E-state index contributed by atoms with van der Waals surface area (Å²) >= 11 is 0. The molecule has 0 spiro atoms. The van der Waals surface area contributed by atoms with Gasteiger partial charge in [-0.3, -0.25) is 19.6 Å². The molecule has 0 saturated heterocycles. The van der Waals surface area contributed by atoms with Gasteiger partial charge in [0.05, 0.1) is 47.2 Å². The Balaban J connectivity index is 1.65. The molecule has 198 valence electrons. The second-order valence-corrected chi connectivity index (χ2v) is 10.9. The lowest BCUT2D eigenvalue weighted by molar-refractivity contribution is -0.139. The van der Waals surface area contributed by atoms with E-state index in [-0.39, 0.29) is 16.3 Å². The topological polar surface area (TPSA) is 133 Å². The third kappa shape index (κ3) is 5.25. The second-order valence-electron chi connectivity index (χ2n) is 8.63. The highest BCUT2D eigenvalue weighted by molar-refractivity contribution is 7.92. The number of ether oxygens (including phenoxy) is 1. The Morgan fingerprint density at radius 3 is 2.47 bits per heavy atom. The molecule has 0 aliphatic heterocycles. The zero-order chi connectivity index (χ0) is 27.4. The number of esters is 1. The average Bonchev–Trinajstić information content (AvgIpc) is 3.36. The van der Waals surface area contributed by atoms with Crippen LogP contribution in [0.3, 0.4) is 0 Å². The summed E-state index contributed by atoms with van der Waals surface area (Å²) in [6.07, 6.45) is 8.35. The number of benzene rings is 1. The zero-order valence-corrected chi connectivity index (χ0v) is 21.8. The number of halogens is 1. The molecule has 2 atom stereocenters. The van der Waals surface area contributed by atoms with E-state index in [2.05, 4.69) is 25.1 Å². The second kappa shape index (κ2) is 11.1. The van der Waals surface area contributed by atoms with Crippen molar-refractivity contribution in [3.05, 3.63) is 78.3 Å². The summed E-state index contributed by atoms with van der Waals surface area (Å²) in [7, 11) is -2.93. The number of carbonyl (C=O) groups excluding carboxylic acids is 2. The average molecular weight is 540 g/mol. The van der Waals surface area contributed by atoms with Crippen molar-refractivity contribution in [1.82, 2.24) is 25.1 Å². The maximum atomic E-state index is 13.4. The van der Waals surface area contributed by atoms with Crippen LogP contribution >= 0.6 is 0 Å². The molecule has 3 heterocycles. The molecule has 1 amide bonds. The van der Waals surface area contributed by atoms with Crippen LogP contribution in [-0.4, -0.2) is 52.4 Å². The lowest BCUT2D eigenvalue weighted by Gasteiger charge is -2.20. The molecule has 0 aliphatic carbocycles. The first-order valence-electron chi connectivity index (χ1n) is 11.8. The number of rotatable bonds is 9. The number of nitrogens with zero attached hydrogens (tertiary/aromatic N) is 4. The Hall–Kier alpha value is -4.19. The number of nitrogens with one attached hydrogen (secondary N) is 1. The van der Waals surface area contributed by atoms with Crippen LogP contribution in [0.5, 0.6) is 0 Å². The molecule has 12 heteroatoms. The van der Waals surface area contributed by atoms with E-state index in [0.717, 1.165) is 13.3 Å². The van der Waals surface area contributed by atoms with E-state index < -0.39 is 33.0 Å². The van der Waals surface area contributed by atoms with Crippen LogP contribution in [0.15, 0.2) is 66.2 Å². The van der Waals surface area contributed by atoms with Crippen LogP contribution in [0.1, 0.15) is 48.7 Å². The smallest absolute Gasteiger partial charge is 0.324 e. The predicted octanol–water partition coefficient (Wildman–Crippen LogP) is 3.56. The molecular formula is C26H26FN5O5S. The van der Waals surface area contributed by atoms with Gasteiger partial charge in [-0.1, -0.05) is 13.3 Å². The quantitative estimate of drug-likeness (QED) is 0.319. The largest absolute Gasteiger partial charge is 0.468 e. The summed E-state index contributed by atoms with van der Waals surface area (Å²) in [5.41, 5.74) is 1.91. The van der Waals surface area contributed by atoms with Crippen molar-refractivity contribution < 1.29 is 27.1 Å². The monoisotopic (exact) mass is 539 g/mol. The van der Waals surface area contributed by atoms with Crippen molar-refractivity contribution in [1.29, 1.82) is 0 Å². The van der Waals surface area contributed by atoms with Gasteiger partial charge in [0.1, 0.15) is 5.82 Å². The van der Waals surface area contributed by atoms with E-state index in [1.807, 2.05) is 6.92 Å². The lowest BCUT2D eigenvalue weighted by Crippen LogP contribution is -2.30. The van der Waals surface area contributed by atoms with Crippen LogP contribution in [0.4, 0.5) is 4.39 Å². The fourth-order valence-corrected chi connectivity index (χ4v) is 5.30. The first-order chi connectivity index (χ1) is 18.2. The number of methoxy groups -OCH3 is 1. The molecule has 1 unspecified atom stereocenters. The van der Waals surface area contributed by atoms with Crippen molar-refractivity contribution in [2.24, 2.45) is 0 Å². The van der Waals surface area contributed by atoms with Gasteiger partial charge in [-0.05, 0) is 49.2 Å². The molecule has 0 fully saturated rings. The summed E-state index contributed by atoms with van der Waals surface area (Å²) in [4.78, 5) is 33.4. The van der Waals surface area contributed by atoms with Gasteiger partial charge in [0, 0.05) is 24.0 Å². The Bertz CT molecular complexity index is 1590. The summed E-state index contributed by atoms with van der Waals surface area (Å²) in [5.74, 6) is -1.69. The normalized spacial score (nSPS) is 13.2. The van der Waals surface area contributed by atoms with E-state index in [1.165, 1.54) is 43.7 Å². The number of pyridine rings is 2. The Morgan fingerprint density at radius 2 is 1.79 bits per heavy atom. The molecule has 0 radical (unpaired) electrons. The van der Waals surface area contributed by atoms with Gasteiger partial charge in [0.15, 0.2) is 15.1 Å². The van der Waals surface area contributed by atoms with Crippen LogP contribution in [0.25, 0.3) is 16.6 Å². The van der Waals surface area contributed by atoms with E-state index in [9.17, 15) is 22.4 Å². The van der Waals surface area contributed by atoms with Gasteiger partial charge in [0.2, 0.25) is 0 Å². The van der Waals surface area contributed by atoms with Gasteiger partial charge in [-0.15, -0.1) is 0 Å². The fraction of sp³-hybridized carbons (Fsp3) is 0.269. The number of aromatic nitrogens is 4. The summed E-state index contributed by atoms with van der Waals surface area (Å²) in [6, 6.07) is 6.62. The maximum Gasteiger partial charge on any atom is 0.324 e. The van der Waals surface area contributed by atoms with Crippen molar-refractivity contribution in [3.63, 3.8) is 0 Å². The summed E-state index contributed by atoms with van der Waals surface area (Å²) in [6.45, 7) is 3.18. The molecule has 1 aromatic carbocycles. The van der Waals surface area contributed by atoms with E-state index in [1.54, 1.807) is 23.0 Å². The lowest BCUT2D eigenvalue weighted by atomic mass is 10.0. The molecule has 1 N–H and O–H groups in total. The molecule has 0 bridgehead atoms. The van der Waals surface area contributed by atoms with E-state index >= 15 is 0 Å². The Labute approximate surface area is 218 Å². The SMILES string of the molecule is CCC[C@H](NC(=O)c1cncc2c1cnn2-c1ccc(F)cc1)c1cncc(S(=O)(=O)C(C)C(=O)OC)c1. The number of hydrogen-bond donors (Lipinski definition) is 1. The molecule has 3 aromatic heterocycles. The fourth-order valence-electron chi connectivity index (χ4n) is 4.04. The number of carbonyl (C=O) groups is 2. The van der Waals surface area contributed by atoms with Gasteiger partial charge in [-0.2, -0.15) is 5.10 Å². The highest BCUT2D eigenvalue weighted by atomic mass is 32.2. The van der Waals surface area contributed by atoms with Gasteiger partial charge in [0.25, 0.3) is 5.91 Å². The maximum absolute atomic E-state index is 13.4. The van der Waals surface area contributed by atoms with Crippen molar-refractivity contribution >= 4 is 32.6 Å². The van der Waals surface area contributed by atoms with Crippen molar-refractivity contribution in [3.8, 4) is 5.69 Å². The summed E-state index contributed by atoms with van der Waals surface area (Å²) in [5, 5.41) is 6.43. The molecule has 4 rings (SSSR count). The highest BCUT2D eigenvalue weighted by Crippen LogP contribution is 2.25. The molecule has 0 aliphatic rings. The van der Waals surface area contributed by atoms with Crippen molar-refractivity contribution in [2.75, 3.05) is 7.11 Å². The first kappa shape index (κ1) is 26.9. The Morgan fingerprint density at radius 1 is 1.08 bits per heavy atom. The van der Waals surface area contributed by atoms with Crippen LogP contribution in [0.2, 0.25) is 0 Å². The molecule has 10 nitrogen and oxygen atoms in total. The number of amides is 1. The van der Waals surface area contributed by atoms with Crippen molar-refractivity contribution in [2.45, 2.75) is 42.9 Å². The minimum atomic E-state index is -4.05. The summed E-state index contributed by atoms with van der Waals surface area (Å²) < 4.78 is 45.4. The molecule has 0 saturated carbocycles. The highest BCUT2D eigenvalue weighted by Gasteiger charge is 2.31. The van der Waals surface area contributed by atoms with Gasteiger partial charge >= 0.3 is 5.97 Å². The molecule has 4 aromatic rings.